The molecule has 0 bridgehead atoms. The number of benzene rings is 2. The van der Waals surface area contributed by atoms with Crippen LogP contribution >= 0.6 is 0 Å². The Labute approximate surface area is 179 Å². The number of aromatic nitrogens is 1. The summed E-state index contributed by atoms with van der Waals surface area (Å²) in [5, 5.41) is 11.5. The van der Waals surface area contributed by atoms with Crippen LogP contribution in [0.15, 0.2) is 51.1 Å². The molecule has 32 heavy (non-hydrogen) atoms. The number of hydrogen-bond acceptors (Lipinski definition) is 7. The van der Waals surface area contributed by atoms with Crippen molar-refractivity contribution in [1.82, 2.24) is 5.16 Å². The van der Waals surface area contributed by atoms with Crippen LogP contribution in [0.5, 0.6) is 11.6 Å². The predicted molar refractivity (Wildman–Crippen MR) is 107 cm³/mol. The van der Waals surface area contributed by atoms with Crippen molar-refractivity contribution in [3.63, 3.8) is 0 Å². The van der Waals surface area contributed by atoms with Gasteiger partial charge in [0.15, 0.2) is 12.2 Å². The summed E-state index contributed by atoms with van der Waals surface area (Å²) in [6, 6.07) is 7.54. The van der Waals surface area contributed by atoms with E-state index in [1.165, 1.54) is 6.07 Å². The number of halogens is 4. The fourth-order valence-corrected chi connectivity index (χ4v) is 2.92. The number of ether oxygens (including phenoxy) is 3. The van der Waals surface area contributed by atoms with Gasteiger partial charge in [-0.2, -0.15) is 5.10 Å². The van der Waals surface area contributed by atoms with Crippen molar-refractivity contribution < 1.29 is 36.3 Å². The minimum atomic E-state index is -4.91. The maximum atomic E-state index is 14.5. The van der Waals surface area contributed by atoms with Gasteiger partial charge in [-0.1, -0.05) is 6.07 Å². The largest absolute Gasteiger partial charge is 0.573 e. The smallest absolute Gasteiger partial charge is 0.477 e. The first kappa shape index (κ1) is 21.6. The van der Waals surface area contributed by atoms with E-state index in [0.717, 1.165) is 18.9 Å². The first-order valence-corrected chi connectivity index (χ1v) is 9.55. The molecule has 1 aliphatic carbocycles. The number of rotatable bonds is 8. The lowest BCUT2D eigenvalue weighted by atomic mass is 10.0. The molecule has 0 amide bonds. The van der Waals surface area contributed by atoms with Gasteiger partial charge < -0.3 is 18.7 Å². The number of hydrogen-bond donors (Lipinski definition) is 0. The van der Waals surface area contributed by atoms with Gasteiger partial charge in [0.2, 0.25) is 5.90 Å². The maximum absolute atomic E-state index is 14.5. The van der Waals surface area contributed by atoms with Crippen LogP contribution < -0.4 is 9.47 Å². The summed E-state index contributed by atoms with van der Waals surface area (Å²) in [5.41, 5.74) is 0.827. The highest BCUT2D eigenvalue weighted by Crippen LogP contribution is 2.34. The molecule has 0 aliphatic heterocycles. The first-order chi connectivity index (χ1) is 15.3. The molecule has 1 saturated carbocycles. The van der Waals surface area contributed by atoms with Gasteiger partial charge in [0.25, 0.3) is 5.88 Å². The Kier molecular flexibility index (Phi) is 5.97. The third-order valence-corrected chi connectivity index (χ3v) is 4.62. The molecule has 0 saturated heterocycles. The second-order valence-electron chi connectivity index (χ2n) is 7.07. The third-order valence-electron chi connectivity index (χ3n) is 4.62. The summed E-state index contributed by atoms with van der Waals surface area (Å²) in [5.74, 6) is -0.688. The van der Waals surface area contributed by atoms with Crippen LogP contribution in [-0.4, -0.2) is 37.3 Å². The van der Waals surface area contributed by atoms with E-state index in [-0.39, 0.29) is 23.9 Å². The quantitative estimate of drug-likeness (QED) is 0.200. The standard InChI is InChI=1S/C21H17F4N3O4/c1-26-27-19(29-10-12-2-3-12)11-30-20-16-8-13(4-7-18(16)32-28-20)15-6-5-14(9-17(15)22)31-21(23,24)25/h4-9,12H,1-3,10-11H2/b27-19-. The van der Waals surface area contributed by atoms with Crippen LogP contribution in [0.25, 0.3) is 22.1 Å². The Balaban J connectivity index is 1.53. The number of nitrogens with zero attached hydrogens (tertiary/aromatic N) is 3. The lowest BCUT2D eigenvalue weighted by Crippen LogP contribution is -2.17. The van der Waals surface area contributed by atoms with Gasteiger partial charge in [0.05, 0.1) is 12.0 Å². The second kappa shape index (κ2) is 8.85. The van der Waals surface area contributed by atoms with Gasteiger partial charge >= 0.3 is 6.36 Å². The molecule has 1 aliphatic rings. The Morgan fingerprint density at radius 1 is 1.19 bits per heavy atom. The van der Waals surface area contributed by atoms with E-state index in [4.69, 9.17) is 14.0 Å². The monoisotopic (exact) mass is 451 g/mol. The fourth-order valence-electron chi connectivity index (χ4n) is 2.92. The highest BCUT2D eigenvalue weighted by atomic mass is 19.4. The molecule has 4 rings (SSSR count). The first-order valence-electron chi connectivity index (χ1n) is 9.55. The van der Waals surface area contributed by atoms with Crippen molar-refractivity contribution in [3.8, 4) is 22.8 Å². The van der Waals surface area contributed by atoms with Crippen LogP contribution in [0.2, 0.25) is 0 Å². The molecule has 1 fully saturated rings. The van der Waals surface area contributed by atoms with Gasteiger partial charge in [-0.15, -0.1) is 18.3 Å². The molecule has 2 aromatic carbocycles. The molecular weight excluding hydrogens is 434 g/mol. The Bertz CT molecular complexity index is 1160. The molecule has 168 valence electrons. The highest BCUT2D eigenvalue weighted by Gasteiger charge is 2.31. The molecule has 0 unspecified atom stereocenters. The molecule has 1 aromatic heterocycles. The zero-order valence-electron chi connectivity index (χ0n) is 16.6. The predicted octanol–water partition coefficient (Wildman–Crippen LogP) is 5.35. The topological polar surface area (TPSA) is 78.4 Å². The summed E-state index contributed by atoms with van der Waals surface area (Å²) >= 11 is 0. The Hall–Kier alpha value is -3.63. The minimum absolute atomic E-state index is 0.0689. The van der Waals surface area contributed by atoms with Crippen LogP contribution in [0.1, 0.15) is 12.8 Å². The molecule has 0 radical (unpaired) electrons. The molecule has 0 spiro atoms. The van der Waals surface area contributed by atoms with Gasteiger partial charge in [-0.25, -0.2) is 4.39 Å². The van der Waals surface area contributed by atoms with Crippen molar-refractivity contribution in [3.05, 3.63) is 42.2 Å². The zero-order valence-corrected chi connectivity index (χ0v) is 16.6. The SMILES string of the molecule is C=N/N=C(/COc1noc2ccc(-c3ccc(OC(F)(F)F)cc3F)cc12)OCC1CC1. The Morgan fingerprint density at radius 2 is 2.00 bits per heavy atom. The minimum Gasteiger partial charge on any atom is -0.477 e. The van der Waals surface area contributed by atoms with Crippen LogP contribution in [0.4, 0.5) is 17.6 Å². The molecule has 11 heteroatoms. The van der Waals surface area contributed by atoms with Gasteiger partial charge in [-0.05, 0) is 53.7 Å². The highest BCUT2D eigenvalue weighted by molar-refractivity contribution is 5.88. The summed E-state index contributed by atoms with van der Waals surface area (Å²) in [7, 11) is 0. The molecule has 0 N–H and O–H groups in total. The van der Waals surface area contributed by atoms with E-state index in [1.54, 1.807) is 18.2 Å². The summed E-state index contributed by atoms with van der Waals surface area (Å²) in [4.78, 5) is 0. The lowest BCUT2D eigenvalue weighted by Gasteiger charge is -2.10. The van der Waals surface area contributed by atoms with Crippen LogP contribution in [-0.2, 0) is 4.74 Å². The van der Waals surface area contributed by atoms with Crippen molar-refractivity contribution in [2.75, 3.05) is 13.2 Å². The summed E-state index contributed by atoms with van der Waals surface area (Å²) < 4.78 is 71.7. The van der Waals surface area contributed by atoms with Crippen molar-refractivity contribution in [1.29, 1.82) is 0 Å². The van der Waals surface area contributed by atoms with E-state index in [1.807, 2.05) is 0 Å². The average Bonchev–Trinajstić information content (AvgIpc) is 3.47. The van der Waals surface area contributed by atoms with Gasteiger partial charge in [0, 0.05) is 18.3 Å². The zero-order chi connectivity index (χ0) is 22.7. The van der Waals surface area contributed by atoms with Crippen LogP contribution in [0, 0.1) is 11.7 Å². The fraction of sp³-hybridized carbons (Fsp3) is 0.286. The molecule has 1 heterocycles. The summed E-state index contributed by atoms with van der Waals surface area (Å²) in [6.07, 6.45) is -2.70. The van der Waals surface area contributed by atoms with Crippen molar-refractivity contribution in [2.24, 2.45) is 16.1 Å². The van der Waals surface area contributed by atoms with Crippen molar-refractivity contribution in [2.45, 2.75) is 19.2 Å². The normalized spacial score (nSPS) is 14.4. The summed E-state index contributed by atoms with van der Waals surface area (Å²) in [6.45, 7) is 3.74. The molecule has 3 aromatic rings. The maximum Gasteiger partial charge on any atom is 0.573 e. The van der Waals surface area contributed by atoms with Gasteiger partial charge in [0.1, 0.15) is 11.6 Å². The van der Waals surface area contributed by atoms with Crippen molar-refractivity contribution >= 4 is 23.6 Å². The average molecular weight is 451 g/mol. The van der Waals surface area contributed by atoms with E-state index in [0.29, 0.717) is 35.1 Å². The van der Waals surface area contributed by atoms with Crippen LogP contribution in [0.3, 0.4) is 0 Å². The van der Waals surface area contributed by atoms with E-state index >= 15 is 0 Å². The molecule has 7 nitrogen and oxygen atoms in total. The number of alkyl halides is 3. The number of fused-ring (bicyclic) bond motifs is 1. The molecule has 0 atom stereocenters. The third kappa shape index (κ3) is 5.34. The van der Waals surface area contributed by atoms with E-state index < -0.39 is 17.9 Å². The van der Waals surface area contributed by atoms with Gasteiger partial charge in [-0.3, -0.25) is 0 Å². The van der Waals surface area contributed by atoms with E-state index in [9.17, 15) is 17.6 Å². The van der Waals surface area contributed by atoms with E-state index in [2.05, 4.69) is 26.8 Å². The lowest BCUT2D eigenvalue weighted by molar-refractivity contribution is -0.274. The molecular formula is C21H17F4N3O4. The Morgan fingerprint density at radius 3 is 2.69 bits per heavy atom. The second-order valence-corrected chi connectivity index (χ2v) is 7.07.